The van der Waals surface area contributed by atoms with Crippen LogP contribution in [-0.2, 0) is 7.05 Å². The van der Waals surface area contributed by atoms with Crippen LogP contribution in [0.1, 0.15) is 0 Å². The number of H-pyrrole nitrogens is 1. The lowest BCUT2D eigenvalue weighted by Gasteiger charge is -1.95. The zero-order valence-corrected chi connectivity index (χ0v) is 8.55. The minimum Gasteiger partial charge on any atom is -0.383 e. The van der Waals surface area contributed by atoms with Crippen molar-refractivity contribution in [2.24, 2.45) is 7.05 Å². The van der Waals surface area contributed by atoms with Gasteiger partial charge in [0.2, 0.25) is 0 Å². The summed E-state index contributed by atoms with van der Waals surface area (Å²) in [6, 6.07) is 0. The Morgan fingerprint density at radius 1 is 1.38 bits per heavy atom. The van der Waals surface area contributed by atoms with Crippen LogP contribution >= 0.6 is 0 Å². The first kappa shape index (κ1) is 8.84. The van der Waals surface area contributed by atoms with Gasteiger partial charge in [-0.1, -0.05) is 0 Å². The summed E-state index contributed by atoms with van der Waals surface area (Å²) in [5.41, 5.74) is 8.02. The molecule has 3 rings (SSSR count). The molecule has 0 aromatic carbocycles. The first-order chi connectivity index (χ1) is 7.75. The fraction of sp³-hybridized carbons (Fsp3) is 0.111. The maximum atomic E-state index is 5.86. The largest absolute Gasteiger partial charge is 0.383 e. The highest BCUT2D eigenvalue weighted by Gasteiger charge is 2.12. The molecule has 7 nitrogen and oxygen atoms in total. The summed E-state index contributed by atoms with van der Waals surface area (Å²) >= 11 is 0. The Labute approximate surface area is 90.4 Å². The first-order valence-electron chi connectivity index (χ1n) is 4.69. The number of hydrogen-bond acceptors (Lipinski definition) is 5. The molecule has 3 aromatic rings. The van der Waals surface area contributed by atoms with Crippen LogP contribution in [0.2, 0.25) is 0 Å². The molecule has 0 aliphatic carbocycles. The second-order valence-electron chi connectivity index (χ2n) is 3.41. The van der Waals surface area contributed by atoms with Gasteiger partial charge in [0.1, 0.15) is 23.5 Å². The number of aromatic amines is 1. The van der Waals surface area contributed by atoms with Crippen LogP contribution in [0, 0.1) is 0 Å². The number of rotatable bonds is 1. The summed E-state index contributed by atoms with van der Waals surface area (Å²) in [4.78, 5) is 15.4. The molecule has 3 aromatic heterocycles. The molecule has 0 aliphatic rings. The molecule has 0 bridgehead atoms. The van der Waals surface area contributed by atoms with E-state index < -0.39 is 0 Å². The Morgan fingerprint density at radius 3 is 2.94 bits per heavy atom. The van der Waals surface area contributed by atoms with Crippen LogP contribution in [-0.4, -0.2) is 29.7 Å². The van der Waals surface area contributed by atoms with Gasteiger partial charge < -0.3 is 10.7 Å². The summed E-state index contributed by atoms with van der Waals surface area (Å²) in [6.45, 7) is 0. The van der Waals surface area contributed by atoms with Gasteiger partial charge >= 0.3 is 0 Å². The summed E-state index contributed by atoms with van der Waals surface area (Å²) in [7, 11) is 1.78. The maximum absolute atomic E-state index is 5.86. The molecule has 16 heavy (non-hydrogen) atoms. The van der Waals surface area contributed by atoms with E-state index in [9.17, 15) is 0 Å². The van der Waals surface area contributed by atoms with Crippen molar-refractivity contribution in [2.75, 3.05) is 5.73 Å². The fourth-order valence-corrected chi connectivity index (χ4v) is 1.52. The van der Waals surface area contributed by atoms with Gasteiger partial charge in [-0.05, 0) is 0 Å². The standard InChI is InChI=1S/C9H9N7/c1-16-7(10)5(2-13-16)8-14-6-3-11-4-12-9(6)15-8/h2-4H,10H2,1H3,(H,11,12,14,15). The molecule has 0 fully saturated rings. The number of aryl methyl sites for hydroxylation is 1. The van der Waals surface area contributed by atoms with Gasteiger partial charge in [-0.2, -0.15) is 5.10 Å². The van der Waals surface area contributed by atoms with Crippen LogP contribution in [0.25, 0.3) is 22.6 Å². The van der Waals surface area contributed by atoms with E-state index in [-0.39, 0.29) is 0 Å². The maximum Gasteiger partial charge on any atom is 0.181 e. The average Bonchev–Trinajstić information content (AvgIpc) is 2.84. The van der Waals surface area contributed by atoms with Crippen LogP contribution in [0.3, 0.4) is 0 Å². The van der Waals surface area contributed by atoms with Crippen LogP contribution in [0.15, 0.2) is 18.7 Å². The molecule has 0 aliphatic heterocycles. The van der Waals surface area contributed by atoms with Crippen molar-refractivity contribution in [3.8, 4) is 11.4 Å². The van der Waals surface area contributed by atoms with E-state index in [0.717, 1.165) is 11.1 Å². The van der Waals surface area contributed by atoms with Crippen LogP contribution < -0.4 is 5.73 Å². The number of nitrogens with two attached hydrogens (primary N) is 1. The minimum absolute atomic E-state index is 0.562. The van der Waals surface area contributed by atoms with Crippen molar-refractivity contribution >= 4 is 17.0 Å². The van der Waals surface area contributed by atoms with Gasteiger partial charge in [-0.3, -0.25) is 4.68 Å². The van der Waals surface area contributed by atoms with Gasteiger partial charge in [-0.25, -0.2) is 15.0 Å². The number of fused-ring (bicyclic) bond motifs is 1. The summed E-state index contributed by atoms with van der Waals surface area (Å²) < 4.78 is 1.59. The molecular weight excluding hydrogens is 206 g/mol. The third kappa shape index (κ3) is 1.14. The molecule has 0 amide bonds. The lowest BCUT2D eigenvalue weighted by molar-refractivity contribution is 0.779. The zero-order valence-electron chi connectivity index (χ0n) is 8.55. The number of nitrogen functional groups attached to an aromatic ring is 1. The van der Waals surface area contributed by atoms with Crippen molar-refractivity contribution in [3.05, 3.63) is 18.7 Å². The molecule has 0 radical (unpaired) electrons. The number of aromatic nitrogens is 6. The summed E-state index contributed by atoms with van der Waals surface area (Å²) in [6.07, 6.45) is 4.80. The SMILES string of the molecule is Cn1ncc(-c2nc3ncncc3[nH]2)c1N. The normalized spacial score (nSPS) is 11.1. The lowest BCUT2D eigenvalue weighted by Crippen LogP contribution is -1.98. The second kappa shape index (κ2) is 3.02. The number of nitrogens with zero attached hydrogens (tertiary/aromatic N) is 5. The highest BCUT2D eigenvalue weighted by atomic mass is 15.3. The zero-order chi connectivity index (χ0) is 11.1. The smallest absolute Gasteiger partial charge is 0.181 e. The van der Waals surface area contributed by atoms with Gasteiger partial charge in [0, 0.05) is 7.05 Å². The van der Waals surface area contributed by atoms with Gasteiger partial charge in [0.15, 0.2) is 5.65 Å². The lowest BCUT2D eigenvalue weighted by atomic mass is 10.3. The Hall–Kier alpha value is -2.44. The number of nitrogens with one attached hydrogen (secondary N) is 1. The van der Waals surface area contributed by atoms with Gasteiger partial charge in [0.25, 0.3) is 0 Å². The van der Waals surface area contributed by atoms with Crippen molar-refractivity contribution < 1.29 is 0 Å². The molecule has 80 valence electrons. The topological polar surface area (TPSA) is 98.3 Å². The third-order valence-corrected chi connectivity index (χ3v) is 2.40. The first-order valence-corrected chi connectivity index (χ1v) is 4.69. The number of hydrogen-bond donors (Lipinski definition) is 2. The number of anilines is 1. The van der Waals surface area contributed by atoms with Crippen LogP contribution in [0.5, 0.6) is 0 Å². The second-order valence-corrected chi connectivity index (χ2v) is 3.41. The van der Waals surface area contributed by atoms with Gasteiger partial charge in [0.05, 0.1) is 18.0 Å². The van der Waals surface area contributed by atoms with Crippen molar-refractivity contribution in [1.29, 1.82) is 0 Å². The Kier molecular flexibility index (Phi) is 1.67. The summed E-state index contributed by atoms with van der Waals surface area (Å²) in [5, 5.41) is 4.06. The quantitative estimate of drug-likeness (QED) is 0.609. The molecule has 0 spiro atoms. The van der Waals surface area contributed by atoms with Crippen molar-refractivity contribution in [2.45, 2.75) is 0 Å². The predicted molar refractivity (Wildman–Crippen MR) is 58.3 cm³/mol. The Balaban J connectivity index is 2.23. The van der Waals surface area contributed by atoms with Crippen LogP contribution in [0.4, 0.5) is 5.82 Å². The Bertz CT molecular complexity index is 618. The monoisotopic (exact) mass is 215 g/mol. The molecule has 0 saturated carbocycles. The van der Waals surface area contributed by atoms with Gasteiger partial charge in [-0.15, -0.1) is 0 Å². The highest BCUT2D eigenvalue weighted by Crippen LogP contribution is 2.23. The summed E-state index contributed by atoms with van der Waals surface area (Å²) in [5.74, 6) is 1.22. The van der Waals surface area contributed by atoms with E-state index in [1.165, 1.54) is 6.33 Å². The van der Waals surface area contributed by atoms with Crippen molar-refractivity contribution in [1.82, 2.24) is 29.7 Å². The minimum atomic E-state index is 0.562. The van der Waals surface area contributed by atoms with Crippen molar-refractivity contribution in [3.63, 3.8) is 0 Å². The van der Waals surface area contributed by atoms with E-state index in [1.54, 1.807) is 24.1 Å². The number of imidazole rings is 1. The predicted octanol–water partition coefficient (Wildman–Crippen LogP) is 0.336. The molecule has 3 heterocycles. The van der Waals surface area contributed by atoms with E-state index in [4.69, 9.17) is 5.73 Å². The molecule has 0 saturated heterocycles. The molecule has 0 unspecified atom stereocenters. The third-order valence-electron chi connectivity index (χ3n) is 2.40. The Morgan fingerprint density at radius 2 is 2.25 bits per heavy atom. The molecular formula is C9H9N7. The van der Waals surface area contributed by atoms with E-state index >= 15 is 0 Å². The fourth-order valence-electron chi connectivity index (χ4n) is 1.52. The molecule has 3 N–H and O–H groups in total. The van der Waals surface area contributed by atoms with E-state index in [0.29, 0.717) is 17.3 Å². The average molecular weight is 215 g/mol. The molecule has 7 heteroatoms. The van der Waals surface area contributed by atoms with E-state index in [2.05, 4.69) is 25.0 Å². The van der Waals surface area contributed by atoms with E-state index in [1.807, 2.05) is 0 Å². The molecule has 0 atom stereocenters. The highest BCUT2D eigenvalue weighted by molar-refractivity contribution is 5.78.